The molecule has 13 heteroatoms. The van der Waals surface area contributed by atoms with Crippen LogP contribution >= 0.6 is 0 Å². The van der Waals surface area contributed by atoms with Crippen molar-refractivity contribution < 1.29 is 17.7 Å². The van der Waals surface area contributed by atoms with Crippen LogP contribution in [0.1, 0.15) is 74.9 Å². The molecule has 0 aliphatic heterocycles. The van der Waals surface area contributed by atoms with E-state index in [0.717, 1.165) is 171 Å². The fraction of sp³-hybridized carbons (Fsp3) is 0.0672. The largest absolute Gasteiger partial charge is 0.456 e. The van der Waals surface area contributed by atoms with E-state index in [2.05, 4.69) is 369 Å². The van der Waals surface area contributed by atoms with Gasteiger partial charge in [-0.05, 0) is 226 Å². The number of nitrogens with zero attached hydrogens (tertiary/aromatic N) is 9. The molecule has 694 valence electrons. The van der Waals surface area contributed by atoms with Gasteiger partial charge in [0.1, 0.15) is 44.7 Å². The van der Waals surface area contributed by atoms with Crippen LogP contribution in [0.4, 0.5) is 0 Å². The Labute approximate surface area is 846 Å². The van der Waals surface area contributed by atoms with Gasteiger partial charge in [0, 0.05) is 109 Å². The van der Waals surface area contributed by atoms with E-state index < -0.39 is 0 Å². The summed E-state index contributed by atoms with van der Waals surface area (Å²) in [6, 6.07) is 150. The third kappa shape index (κ3) is 14.5. The van der Waals surface area contributed by atoms with Gasteiger partial charge in [-0.2, -0.15) is 0 Å². The summed E-state index contributed by atoms with van der Waals surface area (Å²) in [5.74, 6) is 5.51. The molecule has 13 nitrogen and oxygen atoms in total. The molecule has 0 radical (unpaired) electrons. The van der Waals surface area contributed by atoms with Crippen LogP contribution in [-0.4, -0.2) is 44.9 Å². The molecular formula is C134H89N9O4. The highest BCUT2D eigenvalue weighted by molar-refractivity contribution is 6.15. The Morgan fingerprint density at radius 1 is 0.136 bits per heavy atom. The third-order valence-corrected chi connectivity index (χ3v) is 30.4. The zero-order valence-corrected chi connectivity index (χ0v) is 81.1. The van der Waals surface area contributed by atoms with E-state index in [0.29, 0.717) is 52.4 Å². The number of aromatic nitrogens is 9. The Morgan fingerprint density at radius 2 is 0.408 bits per heavy atom. The van der Waals surface area contributed by atoms with Gasteiger partial charge in [0.15, 0.2) is 52.4 Å². The summed E-state index contributed by atoms with van der Waals surface area (Å²) in [6.45, 7) is 13.9. The van der Waals surface area contributed by atoms with Crippen molar-refractivity contribution in [2.75, 3.05) is 0 Å². The lowest BCUT2D eigenvalue weighted by atomic mass is 9.82. The predicted molar refractivity (Wildman–Crippen MR) is 596 cm³/mol. The first-order valence-electron chi connectivity index (χ1n) is 49.9. The van der Waals surface area contributed by atoms with Crippen molar-refractivity contribution in [3.8, 4) is 158 Å². The molecule has 0 fully saturated rings. The van der Waals surface area contributed by atoms with Gasteiger partial charge >= 0.3 is 0 Å². The molecule has 0 atom stereocenters. The highest BCUT2D eigenvalue weighted by Gasteiger charge is 2.40. The van der Waals surface area contributed by atoms with E-state index in [-0.39, 0.29) is 16.2 Å². The van der Waals surface area contributed by atoms with E-state index in [9.17, 15) is 0 Å². The van der Waals surface area contributed by atoms with Crippen molar-refractivity contribution >= 4 is 109 Å². The van der Waals surface area contributed by atoms with Crippen LogP contribution < -0.4 is 0 Å². The Bertz CT molecular complexity index is 10000. The fourth-order valence-electron chi connectivity index (χ4n) is 22.8. The van der Waals surface area contributed by atoms with Crippen LogP contribution in [0.3, 0.4) is 0 Å². The Kier molecular flexibility index (Phi) is 19.7. The lowest BCUT2D eigenvalue weighted by Gasteiger charge is -2.21. The van der Waals surface area contributed by atoms with Crippen molar-refractivity contribution in [2.45, 2.75) is 57.8 Å². The molecule has 0 saturated heterocycles. The molecule has 3 aliphatic carbocycles. The normalized spacial score (nSPS) is 13.3. The number of para-hydroxylation sites is 1. The van der Waals surface area contributed by atoms with Gasteiger partial charge < -0.3 is 17.7 Å². The lowest BCUT2D eigenvalue weighted by molar-refractivity contribution is 0.657. The van der Waals surface area contributed by atoms with Crippen LogP contribution in [0.15, 0.2) is 448 Å². The van der Waals surface area contributed by atoms with Gasteiger partial charge in [0.2, 0.25) is 0 Å². The molecule has 3 aliphatic rings. The smallest absolute Gasteiger partial charge is 0.164 e. The van der Waals surface area contributed by atoms with Gasteiger partial charge in [-0.25, -0.2) is 44.9 Å². The third-order valence-electron chi connectivity index (χ3n) is 30.4. The predicted octanol–water partition coefficient (Wildman–Crippen LogP) is 34.8. The van der Waals surface area contributed by atoms with Crippen LogP contribution in [0.25, 0.3) is 267 Å². The number of hydrogen-bond donors (Lipinski definition) is 0. The number of rotatable bonds is 11. The van der Waals surface area contributed by atoms with Crippen molar-refractivity contribution in [3.05, 3.63) is 464 Å². The van der Waals surface area contributed by atoms with E-state index in [1.54, 1.807) is 0 Å². The maximum Gasteiger partial charge on any atom is 0.164 e. The summed E-state index contributed by atoms with van der Waals surface area (Å²) < 4.78 is 25.8. The summed E-state index contributed by atoms with van der Waals surface area (Å²) in [7, 11) is 0. The molecular weight excluding hydrogens is 1800 g/mol. The molecule has 30 rings (SSSR count). The van der Waals surface area contributed by atoms with Crippen LogP contribution in [0, 0.1) is 0 Å². The zero-order chi connectivity index (χ0) is 98.1. The second-order valence-electron chi connectivity index (χ2n) is 40.2. The molecule has 7 aromatic heterocycles. The molecule has 0 saturated carbocycles. The Morgan fingerprint density at radius 3 is 0.823 bits per heavy atom. The topological polar surface area (TPSA) is 169 Å². The van der Waals surface area contributed by atoms with Crippen molar-refractivity contribution in [3.63, 3.8) is 0 Å². The van der Waals surface area contributed by atoms with Gasteiger partial charge in [0.25, 0.3) is 0 Å². The van der Waals surface area contributed by atoms with E-state index in [1.807, 2.05) is 103 Å². The maximum absolute atomic E-state index is 6.61. The molecule has 0 N–H and O–H groups in total. The minimum Gasteiger partial charge on any atom is -0.456 e. The van der Waals surface area contributed by atoms with Crippen molar-refractivity contribution in [2.24, 2.45) is 0 Å². The molecule has 147 heavy (non-hydrogen) atoms. The Balaban J connectivity index is 0.000000107. The molecule has 7 heterocycles. The van der Waals surface area contributed by atoms with Crippen molar-refractivity contribution in [1.29, 1.82) is 0 Å². The van der Waals surface area contributed by atoms with Gasteiger partial charge in [-0.3, -0.25) is 0 Å². The lowest BCUT2D eigenvalue weighted by Crippen LogP contribution is -2.14. The average Bonchev–Trinajstić information content (AvgIpc) is 1.56. The standard InChI is InChI=1S/C48H33N3O.C44H29N3O.C42H27N3O2/c1-48(2)41-22-10-9-21-37(41)39-29-44-40(28-42(39)48)38-24-23-36(27-43(38)52-44)47-50-45(34-19-11-17-32(25-34)30-13-5-3-6-14-30)49-46(51-47)35-20-12-18-33(26-35)31-15-7-4-8-16-31;1-44(2)37-19-11-10-18-32(37)34-25-40-35(24-38(34)44)33-21-20-28(23-39(33)48-40)42-45-41(26-12-4-3-5-13-26)46-43(47-42)36-22-27-14-6-7-15-29(27)30-16-8-9-17-31(30)36;1-42(2)33-14-8-6-12-27(33)30-23-38-32(22-34(30)42)29-18-16-26(21-37(29)47-38)41-44-39(24-10-4-3-5-11-24)43-40(45-41)25-17-19-36-31(20-25)28-13-7-9-15-35(28)46-36/h3-29H,1-2H3;3-25H,1-2H3;3-23H,1-2H3. The SMILES string of the molecule is CC1(C)c2ccccc2-c2cc3oc4cc(-c5nc(-c6cccc(-c7ccccc7)c6)nc(-c6cccc(-c7ccccc7)c6)n5)ccc4c3cc21.CC1(C)c2ccccc2-c2cc3oc4cc(-c5nc(-c6ccccc6)nc(-c6cc7ccccc7c7ccccc67)n5)ccc4c3cc21.CC1(C)c2ccccc2-c2cc3oc4cc(-c5nc(-c6ccccc6)nc(-c6ccc7oc8ccccc8c7c6)n5)ccc4c3cc21. The molecule has 0 unspecified atom stereocenters. The summed E-state index contributed by atoms with van der Waals surface area (Å²) >= 11 is 0. The molecule has 27 aromatic rings. The highest BCUT2D eigenvalue weighted by Crippen LogP contribution is 2.56. The first-order valence-corrected chi connectivity index (χ1v) is 49.9. The summed E-state index contributed by atoms with van der Waals surface area (Å²) in [5, 5.41) is 13.3. The summed E-state index contributed by atoms with van der Waals surface area (Å²) in [6.07, 6.45) is 0. The first kappa shape index (κ1) is 86.1. The van der Waals surface area contributed by atoms with Crippen LogP contribution in [0.2, 0.25) is 0 Å². The van der Waals surface area contributed by atoms with E-state index >= 15 is 0 Å². The second kappa shape index (κ2) is 33.7. The molecule has 0 spiro atoms. The monoisotopic (exact) mass is 1890 g/mol. The zero-order valence-electron chi connectivity index (χ0n) is 81.1. The average molecular weight is 1890 g/mol. The molecule has 0 amide bonds. The minimum absolute atomic E-state index is 0.0777. The second-order valence-corrected chi connectivity index (χ2v) is 40.2. The number of hydrogen-bond acceptors (Lipinski definition) is 13. The number of furan rings is 4. The first-order chi connectivity index (χ1) is 72.0. The van der Waals surface area contributed by atoms with E-state index in [4.69, 9.17) is 62.5 Å². The Hall–Kier alpha value is -18.9. The van der Waals surface area contributed by atoms with Crippen LogP contribution in [0.5, 0.6) is 0 Å². The fourth-order valence-corrected chi connectivity index (χ4v) is 22.8. The highest BCUT2D eigenvalue weighted by atomic mass is 16.3. The maximum atomic E-state index is 6.61. The van der Waals surface area contributed by atoms with Crippen molar-refractivity contribution in [1.82, 2.24) is 44.9 Å². The minimum atomic E-state index is -0.0863. The molecule has 20 aromatic carbocycles. The van der Waals surface area contributed by atoms with Gasteiger partial charge in [-0.15, -0.1) is 0 Å². The number of benzene rings is 20. The van der Waals surface area contributed by atoms with Gasteiger partial charge in [-0.1, -0.05) is 357 Å². The summed E-state index contributed by atoms with van der Waals surface area (Å²) in [5.41, 5.74) is 34.9. The van der Waals surface area contributed by atoms with Gasteiger partial charge in [0.05, 0.1) is 0 Å². The molecule has 0 bridgehead atoms. The number of fused-ring (bicyclic) bond motifs is 24. The van der Waals surface area contributed by atoms with Crippen LogP contribution in [-0.2, 0) is 16.2 Å². The quantitative estimate of drug-likeness (QED) is 0.112. The van der Waals surface area contributed by atoms with E-state index in [1.165, 1.54) is 77.5 Å². The summed E-state index contributed by atoms with van der Waals surface area (Å²) in [4.78, 5) is 45.5.